The summed E-state index contributed by atoms with van der Waals surface area (Å²) in [7, 11) is -5.01. The zero-order chi connectivity index (χ0) is 28.9. The van der Waals surface area contributed by atoms with Gasteiger partial charge in [-0.3, -0.25) is 14.2 Å². The summed E-state index contributed by atoms with van der Waals surface area (Å²) in [4.78, 5) is 13.1. The van der Waals surface area contributed by atoms with Gasteiger partial charge in [-0.2, -0.15) is 0 Å². The van der Waals surface area contributed by atoms with Gasteiger partial charge in [0.15, 0.2) is 0 Å². The number of hydrogen-bond acceptors (Lipinski definition) is 7. The van der Waals surface area contributed by atoms with E-state index in [1.807, 2.05) is 6.92 Å². The summed E-state index contributed by atoms with van der Waals surface area (Å²) in [6.07, 6.45) is 0. The fraction of sp³-hybridized carbons (Fsp3) is 0.107. The van der Waals surface area contributed by atoms with Gasteiger partial charge < -0.3 is 14.8 Å². The smallest absolute Gasteiger partial charge is 0.262 e. The predicted octanol–water partition coefficient (Wildman–Crippen LogP) is 4.87. The molecule has 0 aromatic heterocycles. The average Bonchev–Trinajstić information content (AvgIpc) is 2.93. The number of aryl methyl sites for hydroxylation is 1. The monoisotopic (exact) mass is 581 g/mol. The number of rotatable bonds is 10. The maximum Gasteiger partial charge on any atom is 0.262 e. The number of nitrogens with one attached hydrogen (secondary N) is 3. The lowest BCUT2D eigenvalue weighted by Gasteiger charge is -2.14. The van der Waals surface area contributed by atoms with E-state index >= 15 is 0 Å². The quantitative estimate of drug-likeness (QED) is 0.243. The van der Waals surface area contributed by atoms with Gasteiger partial charge in [-0.25, -0.2) is 16.8 Å². The summed E-state index contributed by atoms with van der Waals surface area (Å²) < 4.78 is 66.9. The molecule has 0 spiro atoms. The highest BCUT2D eigenvalue weighted by Gasteiger charge is 2.20. The van der Waals surface area contributed by atoms with Crippen LogP contribution in [0.3, 0.4) is 0 Å². The Kier molecular flexibility index (Phi) is 8.31. The minimum absolute atomic E-state index is 0.0466. The van der Waals surface area contributed by atoms with Crippen molar-refractivity contribution in [3.63, 3.8) is 0 Å². The number of carbonyl (C=O) groups excluding carboxylic acids is 1. The van der Waals surface area contributed by atoms with E-state index in [4.69, 9.17) is 9.47 Å². The van der Waals surface area contributed by atoms with Gasteiger partial charge in [-0.15, -0.1) is 0 Å². The van der Waals surface area contributed by atoms with Gasteiger partial charge in [0.05, 0.1) is 40.9 Å². The van der Waals surface area contributed by atoms with Crippen LogP contribution in [0, 0.1) is 6.92 Å². The van der Waals surface area contributed by atoms with Crippen molar-refractivity contribution in [2.24, 2.45) is 0 Å². The lowest BCUT2D eigenvalue weighted by Crippen LogP contribution is -2.18. The first-order chi connectivity index (χ1) is 19.0. The van der Waals surface area contributed by atoms with Crippen LogP contribution in [-0.2, 0) is 20.0 Å². The van der Waals surface area contributed by atoms with Gasteiger partial charge in [0.25, 0.3) is 26.0 Å². The second kappa shape index (κ2) is 11.7. The Morgan fingerprint density at radius 1 is 0.675 bits per heavy atom. The number of para-hydroxylation sites is 1. The molecule has 0 saturated carbocycles. The molecule has 0 aliphatic heterocycles. The molecule has 1 amide bonds. The topological polar surface area (TPSA) is 140 Å². The highest BCUT2D eigenvalue weighted by molar-refractivity contribution is 7.93. The Morgan fingerprint density at radius 2 is 1.25 bits per heavy atom. The van der Waals surface area contributed by atoms with Crippen LogP contribution in [0.1, 0.15) is 15.9 Å². The van der Waals surface area contributed by atoms with Crippen molar-refractivity contribution in [2.45, 2.75) is 16.7 Å². The highest BCUT2D eigenvalue weighted by atomic mass is 32.2. The molecule has 0 radical (unpaired) electrons. The second-order valence-electron chi connectivity index (χ2n) is 8.61. The molecule has 0 aliphatic carbocycles. The van der Waals surface area contributed by atoms with Crippen molar-refractivity contribution in [2.75, 3.05) is 29.0 Å². The summed E-state index contributed by atoms with van der Waals surface area (Å²) in [5.41, 5.74) is 1.63. The number of amides is 1. The number of hydrogen-bond donors (Lipinski definition) is 3. The van der Waals surface area contributed by atoms with Crippen molar-refractivity contribution < 1.29 is 31.1 Å². The van der Waals surface area contributed by atoms with Crippen molar-refractivity contribution in [3.05, 3.63) is 102 Å². The fourth-order valence-corrected chi connectivity index (χ4v) is 5.84. The zero-order valence-electron chi connectivity index (χ0n) is 21.8. The second-order valence-corrected chi connectivity index (χ2v) is 12.0. The lowest BCUT2D eigenvalue weighted by molar-refractivity contribution is 0.102. The van der Waals surface area contributed by atoms with E-state index < -0.39 is 26.0 Å². The van der Waals surface area contributed by atoms with E-state index in [1.165, 1.54) is 68.8 Å². The molecule has 0 heterocycles. The Morgan fingerprint density at radius 3 is 1.85 bits per heavy atom. The van der Waals surface area contributed by atoms with Crippen LogP contribution in [0.5, 0.6) is 11.5 Å². The molecule has 10 nitrogen and oxygen atoms in total. The lowest BCUT2D eigenvalue weighted by atomic mass is 10.1. The van der Waals surface area contributed by atoms with Crippen LogP contribution in [0.25, 0.3) is 0 Å². The highest BCUT2D eigenvalue weighted by Crippen LogP contribution is 2.31. The molecule has 0 atom stereocenters. The molecule has 0 saturated heterocycles. The van der Waals surface area contributed by atoms with Gasteiger partial charge in [-0.1, -0.05) is 29.8 Å². The molecular formula is C28H27N3O7S2. The molecule has 40 heavy (non-hydrogen) atoms. The van der Waals surface area contributed by atoms with Crippen LogP contribution in [-0.4, -0.2) is 37.0 Å². The van der Waals surface area contributed by atoms with E-state index in [0.29, 0.717) is 11.4 Å². The molecule has 4 rings (SSSR count). The molecule has 12 heteroatoms. The Hall–Kier alpha value is -4.55. The Bertz CT molecular complexity index is 1740. The third kappa shape index (κ3) is 6.53. The SMILES string of the molecule is COc1ccc(NS(=O)(=O)c2ccc(NC(=O)c3ccccc3NS(=O)(=O)c3ccc(C)cc3)cc2)c(OC)c1. The molecule has 3 N–H and O–H groups in total. The van der Waals surface area contributed by atoms with E-state index in [2.05, 4.69) is 14.8 Å². The molecule has 0 fully saturated rings. The maximum absolute atomic E-state index is 13.0. The summed E-state index contributed by atoms with van der Waals surface area (Å²) in [5.74, 6) is 0.201. The van der Waals surface area contributed by atoms with E-state index in [9.17, 15) is 21.6 Å². The van der Waals surface area contributed by atoms with Crippen molar-refractivity contribution in [3.8, 4) is 11.5 Å². The fourth-order valence-electron chi connectivity index (χ4n) is 3.69. The van der Waals surface area contributed by atoms with Gasteiger partial charge in [0.2, 0.25) is 0 Å². The van der Waals surface area contributed by atoms with Gasteiger partial charge >= 0.3 is 0 Å². The van der Waals surface area contributed by atoms with E-state index in [1.54, 1.807) is 36.4 Å². The Balaban J connectivity index is 1.50. The number of anilines is 3. The largest absolute Gasteiger partial charge is 0.497 e. The van der Waals surface area contributed by atoms with Crippen LogP contribution in [0.15, 0.2) is 101 Å². The van der Waals surface area contributed by atoms with Crippen molar-refractivity contribution in [1.29, 1.82) is 0 Å². The first-order valence-corrected chi connectivity index (χ1v) is 14.8. The standard InChI is InChI=1S/C28H27N3O7S2/c1-19-8-13-22(14-9-19)39(33,34)30-25-7-5-4-6-24(25)28(32)29-20-10-15-23(16-11-20)40(35,36)31-26-17-12-21(37-2)18-27(26)38-3/h4-18,30-31H,1-3H3,(H,29,32). The minimum Gasteiger partial charge on any atom is -0.497 e. The first kappa shape index (κ1) is 28.5. The van der Waals surface area contributed by atoms with Gasteiger partial charge in [-0.05, 0) is 67.6 Å². The summed E-state index contributed by atoms with van der Waals surface area (Å²) >= 11 is 0. The molecule has 4 aromatic carbocycles. The normalized spacial score (nSPS) is 11.4. The summed E-state index contributed by atoms with van der Waals surface area (Å²) in [5, 5.41) is 2.67. The Labute approximate surface area is 233 Å². The third-order valence-electron chi connectivity index (χ3n) is 5.82. The third-order valence-corrected chi connectivity index (χ3v) is 8.59. The van der Waals surface area contributed by atoms with Gasteiger partial charge in [0, 0.05) is 11.8 Å². The maximum atomic E-state index is 13.0. The number of carbonyl (C=O) groups is 1. The molecular weight excluding hydrogens is 554 g/mol. The molecule has 0 bridgehead atoms. The number of benzene rings is 4. The van der Waals surface area contributed by atoms with Crippen molar-refractivity contribution in [1.82, 2.24) is 0 Å². The minimum atomic E-state index is -3.98. The summed E-state index contributed by atoms with van der Waals surface area (Å²) in [6, 6.07) is 22.7. The zero-order valence-corrected chi connectivity index (χ0v) is 23.5. The van der Waals surface area contributed by atoms with E-state index in [-0.39, 0.29) is 32.5 Å². The van der Waals surface area contributed by atoms with Crippen LogP contribution < -0.4 is 24.2 Å². The number of ether oxygens (including phenoxy) is 2. The first-order valence-electron chi connectivity index (χ1n) is 11.9. The molecule has 0 unspecified atom stereocenters. The number of methoxy groups -OCH3 is 2. The van der Waals surface area contributed by atoms with Crippen LogP contribution in [0.4, 0.5) is 17.1 Å². The number of sulfonamides is 2. The predicted molar refractivity (Wildman–Crippen MR) is 153 cm³/mol. The average molecular weight is 582 g/mol. The van der Waals surface area contributed by atoms with Crippen LogP contribution in [0.2, 0.25) is 0 Å². The molecule has 208 valence electrons. The van der Waals surface area contributed by atoms with Gasteiger partial charge in [0.1, 0.15) is 11.5 Å². The van der Waals surface area contributed by atoms with E-state index in [0.717, 1.165) is 5.56 Å². The van der Waals surface area contributed by atoms with Crippen molar-refractivity contribution >= 4 is 43.0 Å². The summed E-state index contributed by atoms with van der Waals surface area (Å²) in [6.45, 7) is 1.85. The molecule has 4 aromatic rings. The van der Waals surface area contributed by atoms with Crippen LogP contribution >= 0.6 is 0 Å². The molecule has 0 aliphatic rings.